The van der Waals surface area contributed by atoms with E-state index < -0.39 is 0 Å². The summed E-state index contributed by atoms with van der Waals surface area (Å²) in [5.41, 5.74) is 7.03. The van der Waals surface area contributed by atoms with Crippen LogP contribution in [0.5, 0.6) is 0 Å². The number of benzene rings is 1. The van der Waals surface area contributed by atoms with Crippen molar-refractivity contribution in [2.75, 3.05) is 0 Å². The molecule has 1 atom stereocenters. The van der Waals surface area contributed by atoms with E-state index in [0.29, 0.717) is 15.0 Å². The molecule has 0 aliphatic carbocycles. The van der Waals surface area contributed by atoms with Crippen LogP contribution in [0.25, 0.3) is 0 Å². The van der Waals surface area contributed by atoms with Gasteiger partial charge in [-0.2, -0.15) is 0 Å². The first-order valence-electron chi connectivity index (χ1n) is 5.22. The van der Waals surface area contributed by atoms with E-state index in [2.05, 4.69) is 31.2 Å². The molecule has 0 unspecified atom stereocenters. The van der Waals surface area contributed by atoms with Crippen LogP contribution in [0.2, 0.25) is 5.32 Å². The van der Waals surface area contributed by atoms with Gasteiger partial charge in [0.1, 0.15) is 0 Å². The Balaban J connectivity index is 2.47. The number of nitrogens with two attached hydrogens (primary N) is 1. The molecule has 0 radical (unpaired) electrons. The quantitative estimate of drug-likeness (QED) is 0.634. The van der Waals surface area contributed by atoms with Gasteiger partial charge in [0.15, 0.2) is 0 Å². The first-order valence-corrected chi connectivity index (χ1v) is 7.29. The number of unbranched alkanes of at least 4 members (excludes halogenated alkanes) is 1. The minimum atomic E-state index is 0.159. The van der Waals surface area contributed by atoms with E-state index in [-0.39, 0.29) is 6.04 Å². The van der Waals surface area contributed by atoms with Crippen molar-refractivity contribution in [3.8, 4) is 0 Å². The van der Waals surface area contributed by atoms with E-state index >= 15 is 0 Å². The summed E-state index contributed by atoms with van der Waals surface area (Å²) >= 11 is 0.659. The average molecular weight is 256 g/mol. The van der Waals surface area contributed by atoms with Gasteiger partial charge in [-0.15, -0.1) is 0 Å². The first-order chi connectivity index (χ1) is 6.74. The van der Waals surface area contributed by atoms with Crippen molar-refractivity contribution in [2.24, 2.45) is 5.73 Å². The third-order valence-corrected chi connectivity index (χ3v) is 4.48. The molecule has 0 heterocycles. The van der Waals surface area contributed by atoms with Crippen LogP contribution in [0.4, 0.5) is 0 Å². The standard InChI is InChI=1S/C12H19NSe/c1-3-4-9-14-12-7-5-11(6-8-12)10(2)13/h5-8,10H,3-4,9,13H2,1-2H3/t10-/m0/s1. The van der Waals surface area contributed by atoms with Gasteiger partial charge < -0.3 is 0 Å². The van der Waals surface area contributed by atoms with Crippen LogP contribution in [0.1, 0.15) is 38.3 Å². The molecule has 0 aromatic heterocycles. The maximum atomic E-state index is 5.79. The van der Waals surface area contributed by atoms with Gasteiger partial charge >= 0.3 is 93.0 Å². The molecule has 1 aromatic carbocycles. The summed E-state index contributed by atoms with van der Waals surface area (Å²) in [6.07, 6.45) is 2.66. The maximum absolute atomic E-state index is 5.79. The van der Waals surface area contributed by atoms with E-state index in [0.717, 1.165) is 0 Å². The van der Waals surface area contributed by atoms with Crippen molar-refractivity contribution in [3.05, 3.63) is 29.8 Å². The SMILES string of the molecule is CCCC[Se]c1ccc([C@H](C)N)cc1. The third-order valence-electron chi connectivity index (χ3n) is 2.17. The number of rotatable bonds is 5. The molecular formula is C12H19NSe. The van der Waals surface area contributed by atoms with Gasteiger partial charge in [-0.1, -0.05) is 0 Å². The van der Waals surface area contributed by atoms with Gasteiger partial charge in [-0.05, 0) is 0 Å². The van der Waals surface area contributed by atoms with Gasteiger partial charge in [0.05, 0.1) is 0 Å². The third kappa shape index (κ3) is 3.83. The van der Waals surface area contributed by atoms with Gasteiger partial charge in [0.2, 0.25) is 0 Å². The Morgan fingerprint density at radius 1 is 1.29 bits per heavy atom. The molecule has 1 nitrogen and oxygen atoms in total. The molecule has 0 aliphatic rings. The monoisotopic (exact) mass is 257 g/mol. The Labute approximate surface area is 93.2 Å². The molecule has 1 aromatic rings. The second-order valence-electron chi connectivity index (χ2n) is 3.56. The molecule has 78 valence electrons. The summed E-state index contributed by atoms with van der Waals surface area (Å²) in [7, 11) is 0. The molecule has 0 saturated heterocycles. The van der Waals surface area contributed by atoms with Gasteiger partial charge in [-0.25, -0.2) is 0 Å². The predicted octanol–water partition coefficient (Wildman–Crippen LogP) is 2.25. The van der Waals surface area contributed by atoms with Gasteiger partial charge in [0, 0.05) is 0 Å². The van der Waals surface area contributed by atoms with Crippen molar-refractivity contribution in [3.63, 3.8) is 0 Å². The van der Waals surface area contributed by atoms with Crippen LogP contribution in [-0.4, -0.2) is 15.0 Å². The van der Waals surface area contributed by atoms with Crippen LogP contribution in [0.3, 0.4) is 0 Å². The van der Waals surface area contributed by atoms with E-state index in [1.54, 1.807) is 0 Å². The molecule has 1 rings (SSSR count). The van der Waals surface area contributed by atoms with Crippen molar-refractivity contribution in [2.45, 2.75) is 38.1 Å². The molecular weight excluding hydrogens is 237 g/mol. The van der Waals surface area contributed by atoms with Crippen LogP contribution in [-0.2, 0) is 0 Å². The van der Waals surface area contributed by atoms with Crippen molar-refractivity contribution < 1.29 is 0 Å². The fourth-order valence-corrected chi connectivity index (χ4v) is 3.29. The van der Waals surface area contributed by atoms with Crippen molar-refractivity contribution in [1.82, 2.24) is 0 Å². The topological polar surface area (TPSA) is 26.0 Å². The van der Waals surface area contributed by atoms with Crippen LogP contribution in [0.15, 0.2) is 24.3 Å². The Morgan fingerprint density at radius 2 is 1.93 bits per heavy atom. The zero-order chi connectivity index (χ0) is 10.4. The molecule has 0 spiro atoms. The zero-order valence-electron chi connectivity index (χ0n) is 8.99. The Bertz CT molecular complexity index is 254. The molecule has 0 amide bonds. The fraction of sp³-hybridized carbons (Fsp3) is 0.500. The summed E-state index contributed by atoms with van der Waals surface area (Å²) in [5.74, 6) is 0. The second-order valence-corrected chi connectivity index (χ2v) is 6.01. The van der Waals surface area contributed by atoms with E-state index in [1.807, 2.05) is 6.92 Å². The van der Waals surface area contributed by atoms with Crippen molar-refractivity contribution >= 4 is 19.4 Å². The summed E-state index contributed by atoms with van der Waals surface area (Å²) in [6, 6.07) is 8.94. The zero-order valence-corrected chi connectivity index (χ0v) is 10.7. The normalized spacial score (nSPS) is 12.8. The minimum absolute atomic E-state index is 0.159. The fourth-order valence-electron chi connectivity index (χ4n) is 1.20. The van der Waals surface area contributed by atoms with E-state index in [1.165, 1.54) is 28.2 Å². The number of hydrogen-bond donors (Lipinski definition) is 1. The summed E-state index contributed by atoms with van der Waals surface area (Å²) in [5, 5.41) is 1.36. The molecule has 2 heteroatoms. The summed E-state index contributed by atoms with van der Waals surface area (Å²) in [4.78, 5) is 0. The summed E-state index contributed by atoms with van der Waals surface area (Å²) in [6.45, 7) is 4.27. The Kier molecular flexibility index (Phi) is 5.24. The van der Waals surface area contributed by atoms with E-state index in [4.69, 9.17) is 5.73 Å². The second kappa shape index (κ2) is 6.23. The van der Waals surface area contributed by atoms with Gasteiger partial charge in [0.25, 0.3) is 0 Å². The molecule has 0 saturated carbocycles. The van der Waals surface area contributed by atoms with Crippen LogP contribution >= 0.6 is 0 Å². The predicted molar refractivity (Wildman–Crippen MR) is 64.1 cm³/mol. The molecule has 0 bridgehead atoms. The number of hydrogen-bond acceptors (Lipinski definition) is 1. The van der Waals surface area contributed by atoms with Crippen LogP contribution in [0, 0.1) is 0 Å². The van der Waals surface area contributed by atoms with Crippen molar-refractivity contribution in [1.29, 1.82) is 0 Å². The average Bonchev–Trinajstić information content (AvgIpc) is 2.19. The van der Waals surface area contributed by atoms with Gasteiger partial charge in [-0.3, -0.25) is 0 Å². The van der Waals surface area contributed by atoms with Crippen LogP contribution < -0.4 is 10.2 Å². The Hall–Kier alpha value is -0.301. The Morgan fingerprint density at radius 3 is 2.43 bits per heavy atom. The molecule has 0 aliphatic heterocycles. The molecule has 14 heavy (non-hydrogen) atoms. The molecule has 0 fully saturated rings. The summed E-state index contributed by atoms with van der Waals surface area (Å²) < 4.78 is 1.50. The first kappa shape index (κ1) is 11.8. The van der Waals surface area contributed by atoms with E-state index in [9.17, 15) is 0 Å². The molecule has 2 N–H and O–H groups in total.